The van der Waals surface area contributed by atoms with Crippen molar-refractivity contribution in [3.05, 3.63) is 23.8 Å². The summed E-state index contributed by atoms with van der Waals surface area (Å²) in [6.45, 7) is 7.51. The number of rotatable bonds is 13. The summed E-state index contributed by atoms with van der Waals surface area (Å²) in [6, 6.07) is 4.84. The van der Waals surface area contributed by atoms with Crippen LogP contribution in [0.2, 0.25) is 0 Å². The van der Waals surface area contributed by atoms with Crippen LogP contribution in [0, 0.1) is 11.8 Å². The van der Waals surface area contributed by atoms with Gasteiger partial charge in [0.05, 0.1) is 13.2 Å². The lowest BCUT2D eigenvalue weighted by Gasteiger charge is -2.20. The molecule has 0 aliphatic rings. The Morgan fingerprint density at radius 2 is 1.90 bits per heavy atom. The fourth-order valence-corrected chi connectivity index (χ4v) is 3.02. The van der Waals surface area contributed by atoms with Crippen molar-refractivity contribution in [1.29, 1.82) is 0 Å². The first-order chi connectivity index (χ1) is 13.9. The van der Waals surface area contributed by atoms with E-state index < -0.39 is 6.61 Å². The predicted octanol–water partition coefficient (Wildman–Crippen LogP) is 4.40. The first-order valence-electron chi connectivity index (χ1n) is 10.2. The summed E-state index contributed by atoms with van der Waals surface area (Å²) in [7, 11) is 0. The Morgan fingerprint density at radius 3 is 2.47 bits per heavy atom. The molecule has 3 N–H and O–H groups in total. The van der Waals surface area contributed by atoms with Crippen molar-refractivity contribution in [2.75, 3.05) is 26.3 Å². The van der Waals surface area contributed by atoms with Gasteiger partial charge in [-0.05, 0) is 56.2 Å². The van der Waals surface area contributed by atoms with E-state index in [-0.39, 0.29) is 42.1 Å². The van der Waals surface area contributed by atoms with Crippen LogP contribution in [0.4, 0.5) is 8.78 Å². The van der Waals surface area contributed by atoms with Crippen molar-refractivity contribution in [3.8, 4) is 11.5 Å². The molecule has 0 heterocycles. The van der Waals surface area contributed by atoms with Crippen LogP contribution in [0.5, 0.6) is 11.5 Å². The molecule has 0 radical (unpaired) electrons. The summed E-state index contributed by atoms with van der Waals surface area (Å²) in [6.07, 6.45) is 1.77. The molecule has 174 valence electrons. The summed E-state index contributed by atoms with van der Waals surface area (Å²) in [5, 5.41) is 15.8. The zero-order valence-electron chi connectivity index (χ0n) is 18.3. The first-order valence-corrected chi connectivity index (χ1v) is 10.2. The number of alkyl halides is 2. The van der Waals surface area contributed by atoms with Crippen molar-refractivity contribution >= 4 is 29.9 Å². The first kappa shape index (κ1) is 28.6. The number of aliphatic hydroxyl groups excluding tert-OH is 1. The maximum atomic E-state index is 12.5. The van der Waals surface area contributed by atoms with E-state index in [0.717, 1.165) is 24.9 Å². The lowest BCUT2D eigenvalue weighted by Crippen LogP contribution is -2.40. The third-order valence-corrected chi connectivity index (χ3v) is 4.19. The number of ether oxygens (including phenoxy) is 2. The van der Waals surface area contributed by atoms with E-state index in [0.29, 0.717) is 37.5 Å². The number of nitrogens with zero attached hydrogens (tertiary/aromatic N) is 1. The molecule has 1 unspecified atom stereocenters. The SMILES string of the molecule is CCNC(=NCc1ccc(OC(F)F)c(OCC)c1)NCC(CCO)CC(C)C.I. The van der Waals surface area contributed by atoms with Crippen LogP contribution in [-0.2, 0) is 6.54 Å². The molecule has 0 aliphatic carbocycles. The minimum atomic E-state index is -2.90. The van der Waals surface area contributed by atoms with E-state index in [1.807, 2.05) is 6.92 Å². The zero-order chi connectivity index (χ0) is 21.6. The highest BCUT2D eigenvalue weighted by Crippen LogP contribution is 2.30. The van der Waals surface area contributed by atoms with Gasteiger partial charge in [0, 0.05) is 19.7 Å². The fraction of sp³-hybridized carbons (Fsp3) is 0.667. The van der Waals surface area contributed by atoms with Gasteiger partial charge in [-0.2, -0.15) is 8.78 Å². The standard InChI is InChI=1S/C21H35F2N3O3.HI/c1-5-24-21(26-14-17(9-10-27)11-15(3)4)25-13-16-7-8-18(29-20(22)23)19(12-16)28-6-2;/h7-8,12,15,17,20,27H,5-6,9-11,13-14H2,1-4H3,(H2,24,25,26);1H. The van der Waals surface area contributed by atoms with E-state index in [1.165, 1.54) is 6.07 Å². The maximum Gasteiger partial charge on any atom is 0.387 e. The molecular formula is C21H36F2IN3O3. The van der Waals surface area contributed by atoms with Crippen LogP contribution < -0.4 is 20.1 Å². The second-order valence-electron chi connectivity index (χ2n) is 7.18. The normalized spacial score (nSPS) is 12.5. The highest BCUT2D eigenvalue weighted by Gasteiger charge is 2.13. The summed E-state index contributed by atoms with van der Waals surface area (Å²) in [4.78, 5) is 4.57. The van der Waals surface area contributed by atoms with Crippen molar-refractivity contribution < 1.29 is 23.4 Å². The van der Waals surface area contributed by atoms with Gasteiger partial charge in [-0.25, -0.2) is 4.99 Å². The number of hydrogen-bond donors (Lipinski definition) is 3. The number of aliphatic hydroxyl groups is 1. The topological polar surface area (TPSA) is 75.1 Å². The second kappa shape index (κ2) is 16.3. The Hall–Kier alpha value is -1.36. The Labute approximate surface area is 195 Å². The van der Waals surface area contributed by atoms with Gasteiger partial charge < -0.3 is 25.2 Å². The Bertz CT molecular complexity index is 619. The van der Waals surface area contributed by atoms with Crippen LogP contribution in [-0.4, -0.2) is 44.0 Å². The number of aliphatic imine (C=N–C) groups is 1. The van der Waals surface area contributed by atoms with E-state index in [1.54, 1.807) is 19.1 Å². The molecule has 0 saturated heterocycles. The van der Waals surface area contributed by atoms with Crippen molar-refractivity contribution in [2.24, 2.45) is 16.8 Å². The highest BCUT2D eigenvalue weighted by atomic mass is 127. The Balaban J connectivity index is 0.00000841. The van der Waals surface area contributed by atoms with Crippen molar-refractivity contribution in [1.82, 2.24) is 10.6 Å². The molecule has 0 fully saturated rings. The molecule has 0 bridgehead atoms. The monoisotopic (exact) mass is 543 g/mol. The lowest BCUT2D eigenvalue weighted by molar-refractivity contribution is -0.0514. The smallest absolute Gasteiger partial charge is 0.387 e. The van der Waals surface area contributed by atoms with Gasteiger partial charge in [-0.1, -0.05) is 19.9 Å². The fourth-order valence-electron chi connectivity index (χ4n) is 3.02. The molecular weight excluding hydrogens is 507 g/mol. The molecule has 0 spiro atoms. The van der Waals surface area contributed by atoms with Crippen LogP contribution in [0.1, 0.15) is 46.1 Å². The number of halogens is 3. The molecule has 1 aromatic carbocycles. The van der Waals surface area contributed by atoms with Crippen LogP contribution >= 0.6 is 24.0 Å². The molecule has 9 heteroatoms. The molecule has 30 heavy (non-hydrogen) atoms. The average molecular weight is 543 g/mol. The lowest BCUT2D eigenvalue weighted by atomic mass is 9.94. The summed E-state index contributed by atoms with van der Waals surface area (Å²) in [5.74, 6) is 1.88. The molecule has 0 saturated carbocycles. The van der Waals surface area contributed by atoms with Crippen LogP contribution in [0.15, 0.2) is 23.2 Å². The average Bonchev–Trinajstić information content (AvgIpc) is 2.65. The second-order valence-corrected chi connectivity index (χ2v) is 7.18. The third-order valence-electron chi connectivity index (χ3n) is 4.19. The number of nitrogens with one attached hydrogen (secondary N) is 2. The molecule has 1 atom stereocenters. The van der Waals surface area contributed by atoms with Gasteiger partial charge in [0.1, 0.15) is 0 Å². The quantitative estimate of drug-likeness (QED) is 0.195. The molecule has 1 aromatic rings. The number of benzene rings is 1. The molecule has 0 amide bonds. The van der Waals surface area contributed by atoms with Gasteiger partial charge in [0.15, 0.2) is 17.5 Å². The summed E-state index contributed by atoms with van der Waals surface area (Å²) >= 11 is 0. The predicted molar refractivity (Wildman–Crippen MR) is 127 cm³/mol. The van der Waals surface area contributed by atoms with Gasteiger partial charge in [0.25, 0.3) is 0 Å². The molecule has 6 nitrogen and oxygen atoms in total. The van der Waals surface area contributed by atoms with Gasteiger partial charge in [-0.15, -0.1) is 24.0 Å². The Kier molecular flexibility index (Phi) is 15.6. The number of hydrogen-bond acceptors (Lipinski definition) is 4. The number of guanidine groups is 1. The van der Waals surface area contributed by atoms with Gasteiger partial charge in [0.2, 0.25) is 0 Å². The van der Waals surface area contributed by atoms with Crippen molar-refractivity contribution in [3.63, 3.8) is 0 Å². The Morgan fingerprint density at radius 1 is 1.17 bits per heavy atom. The van der Waals surface area contributed by atoms with Crippen LogP contribution in [0.25, 0.3) is 0 Å². The van der Waals surface area contributed by atoms with E-state index in [9.17, 15) is 13.9 Å². The molecule has 1 rings (SSSR count). The van der Waals surface area contributed by atoms with E-state index >= 15 is 0 Å². The third kappa shape index (κ3) is 11.7. The molecule has 0 aromatic heterocycles. The van der Waals surface area contributed by atoms with E-state index in [2.05, 4.69) is 34.2 Å². The largest absolute Gasteiger partial charge is 0.490 e. The minimum Gasteiger partial charge on any atom is -0.490 e. The van der Waals surface area contributed by atoms with Crippen LogP contribution in [0.3, 0.4) is 0 Å². The van der Waals surface area contributed by atoms with Crippen molar-refractivity contribution in [2.45, 2.75) is 53.7 Å². The van der Waals surface area contributed by atoms with Gasteiger partial charge in [-0.3, -0.25) is 0 Å². The van der Waals surface area contributed by atoms with E-state index in [4.69, 9.17) is 4.74 Å². The highest BCUT2D eigenvalue weighted by molar-refractivity contribution is 14.0. The maximum absolute atomic E-state index is 12.5. The summed E-state index contributed by atoms with van der Waals surface area (Å²) < 4.78 is 35.0. The van der Waals surface area contributed by atoms with Gasteiger partial charge >= 0.3 is 6.61 Å². The summed E-state index contributed by atoms with van der Waals surface area (Å²) in [5.41, 5.74) is 0.821. The zero-order valence-corrected chi connectivity index (χ0v) is 20.6. The molecule has 0 aliphatic heterocycles. The minimum absolute atomic E-state index is 0.